The molecule has 6 heteroatoms. The fourth-order valence-electron chi connectivity index (χ4n) is 2.47. The van der Waals surface area contributed by atoms with Gasteiger partial charge in [-0.25, -0.2) is 4.98 Å². The zero-order chi connectivity index (χ0) is 14.0. The van der Waals surface area contributed by atoms with Crippen molar-refractivity contribution >= 4 is 17.7 Å². The van der Waals surface area contributed by atoms with E-state index in [1.165, 1.54) is 0 Å². The fourth-order valence-corrected chi connectivity index (χ4v) is 2.47. The topological polar surface area (TPSA) is 70.2 Å². The fraction of sp³-hybridized carbons (Fsp3) is 0.615. The molecule has 1 saturated heterocycles. The van der Waals surface area contributed by atoms with Crippen molar-refractivity contribution in [3.63, 3.8) is 0 Å². The molecule has 1 aromatic heterocycles. The van der Waals surface area contributed by atoms with E-state index >= 15 is 0 Å². The van der Waals surface area contributed by atoms with Crippen molar-refractivity contribution in [2.75, 3.05) is 37.4 Å². The number of carbonyl (C=O) groups is 1. The Morgan fingerprint density at radius 2 is 2.16 bits per heavy atom. The lowest BCUT2D eigenvalue weighted by Gasteiger charge is -2.23. The maximum atomic E-state index is 11.9. The average Bonchev–Trinajstić information content (AvgIpc) is 2.81. The van der Waals surface area contributed by atoms with Crippen LogP contribution in [-0.2, 0) is 4.79 Å². The Labute approximate surface area is 113 Å². The maximum Gasteiger partial charge on any atom is 0.227 e. The van der Waals surface area contributed by atoms with Crippen molar-refractivity contribution in [1.82, 2.24) is 15.3 Å². The summed E-state index contributed by atoms with van der Waals surface area (Å²) in [4.78, 5) is 22.8. The average molecular weight is 263 g/mol. The summed E-state index contributed by atoms with van der Waals surface area (Å²) in [6.45, 7) is 5.47. The molecule has 0 aromatic carbocycles. The molecule has 1 fully saturated rings. The second kappa shape index (κ2) is 5.03. The van der Waals surface area contributed by atoms with Crippen LogP contribution in [0.4, 0.5) is 11.8 Å². The molecule has 0 aliphatic carbocycles. The molecule has 1 aliphatic heterocycles. The zero-order valence-electron chi connectivity index (χ0n) is 11.9. The van der Waals surface area contributed by atoms with Gasteiger partial charge in [0.15, 0.2) is 0 Å². The van der Waals surface area contributed by atoms with Crippen LogP contribution in [0, 0.1) is 12.3 Å². The predicted octanol–water partition coefficient (Wildman–Crippen LogP) is 0.789. The molecule has 19 heavy (non-hydrogen) atoms. The van der Waals surface area contributed by atoms with Gasteiger partial charge >= 0.3 is 0 Å². The molecule has 1 aliphatic rings. The second-order valence-electron chi connectivity index (χ2n) is 5.25. The highest BCUT2D eigenvalue weighted by molar-refractivity contribution is 5.83. The highest BCUT2D eigenvalue weighted by atomic mass is 16.2. The third-order valence-corrected chi connectivity index (χ3v) is 3.64. The van der Waals surface area contributed by atoms with Crippen molar-refractivity contribution < 1.29 is 4.79 Å². The number of rotatable bonds is 3. The van der Waals surface area contributed by atoms with E-state index in [-0.39, 0.29) is 11.3 Å². The van der Waals surface area contributed by atoms with Gasteiger partial charge in [0.25, 0.3) is 0 Å². The van der Waals surface area contributed by atoms with Crippen LogP contribution in [0.5, 0.6) is 0 Å². The Morgan fingerprint density at radius 3 is 2.79 bits per heavy atom. The van der Waals surface area contributed by atoms with Crippen LogP contribution in [0.3, 0.4) is 0 Å². The number of anilines is 2. The predicted molar refractivity (Wildman–Crippen MR) is 75.3 cm³/mol. The van der Waals surface area contributed by atoms with Crippen LogP contribution in [0.15, 0.2) is 6.07 Å². The summed E-state index contributed by atoms with van der Waals surface area (Å²) >= 11 is 0. The SMILES string of the molecule is CNC(=O)C1(C)CCN(c2cc(C)nc(NC)n2)C1. The van der Waals surface area contributed by atoms with Crippen LogP contribution in [0.2, 0.25) is 0 Å². The number of carbonyl (C=O) groups excluding carboxylic acids is 1. The third-order valence-electron chi connectivity index (χ3n) is 3.64. The van der Waals surface area contributed by atoms with E-state index in [2.05, 4.69) is 25.5 Å². The van der Waals surface area contributed by atoms with Gasteiger partial charge in [-0.2, -0.15) is 4.98 Å². The molecule has 0 bridgehead atoms. The lowest BCUT2D eigenvalue weighted by Crippen LogP contribution is -2.39. The van der Waals surface area contributed by atoms with Crippen molar-refractivity contribution in [3.05, 3.63) is 11.8 Å². The summed E-state index contributed by atoms with van der Waals surface area (Å²) in [5.41, 5.74) is 0.579. The van der Waals surface area contributed by atoms with Gasteiger partial charge in [0.05, 0.1) is 5.41 Å². The van der Waals surface area contributed by atoms with E-state index in [0.29, 0.717) is 12.5 Å². The summed E-state index contributed by atoms with van der Waals surface area (Å²) in [5, 5.41) is 5.70. The summed E-state index contributed by atoms with van der Waals surface area (Å²) in [6.07, 6.45) is 0.838. The Morgan fingerprint density at radius 1 is 1.42 bits per heavy atom. The van der Waals surface area contributed by atoms with Crippen molar-refractivity contribution in [3.8, 4) is 0 Å². The highest BCUT2D eigenvalue weighted by Crippen LogP contribution is 2.33. The number of nitrogens with one attached hydrogen (secondary N) is 2. The van der Waals surface area contributed by atoms with Gasteiger partial charge in [0.1, 0.15) is 5.82 Å². The van der Waals surface area contributed by atoms with E-state index in [1.54, 1.807) is 14.1 Å². The molecule has 0 saturated carbocycles. The monoisotopic (exact) mass is 263 g/mol. The molecule has 0 spiro atoms. The molecule has 6 nitrogen and oxygen atoms in total. The molecular formula is C13H21N5O. The van der Waals surface area contributed by atoms with Crippen LogP contribution in [-0.4, -0.2) is 43.1 Å². The lowest BCUT2D eigenvalue weighted by molar-refractivity contribution is -0.128. The quantitative estimate of drug-likeness (QED) is 0.843. The minimum absolute atomic E-state index is 0.0922. The van der Waals surface area contributed by atoms with E-state index in [4.69, 9.17) is 0 Å². The van der Waals surface area contributed by atoms with Crippen LogP contribution in [0.25, 0.3) is 0 Å². The second-order valence-corrected chi connectivity index (χ2v) is 5.25. The Balaban J connectivity index is 2.21. The van der Waals surface area contributed by atoms with Crippen molar-refractivity contribution in [1.29, 1.82) is 0 Å². The van der Waals surface area contributed by atoms with Crippen LogP contribution < -0.4 is 15.5 Å². The molecule has 2 heterocycles. The zero-order valence-corrected chi connectivity index (χ0v) is 11.9. The van der Waals surface area contributed by atoms with Gasteiger partial charge < -0.3 is 15.5 Å². The summed E-state index contributed by atoms with van der Waals surface area (Å²) in [5.74, 6) is 1.59. The third kappa shape index (κ3) is 2.62. The number of amides is 1. The maximum absolute atomic E-state index is 11.9. The number of hydrogen-bond acceptors (Lipinski definition) is 5. The Bertz CT molecular complexity index is 490. The minimum atomic E-state index is -0.340. The van der Waals surface area contributed by atoms with Crippen molar-refractivity contribution in [2.24, 2.45) is 5.41 Å². The molecule has 1 aromatic rings. The van der Waals surface area contributed by atoms with Gasteiger partial charge in [-0.1, -0.05) is 0 Å². The first-order valence-electron chi connectivity index (χ1n) is 6.49. The molecule has 1 atom stereocenters. The Kier molecular flexibility index (Phi) is 3.59. The largest absolute Gasteiger partial charge is 0.359 e. The van der Waals surface area contributed by atoms with E-state index < -0.39 is 0 Å². The lowest BCUT2D eigenvalue weighted by atomic mass is 9.89. The summed E-state index contributed by atoms with van der Waals surface area (Å²) < 4.78 is 0. The molecule has 1 amide bonds. The Hall–Kier alpha value is -1.85. The highest BCUT2D eigenvalue weighted by Gasteiger charge is 2.40. The molecule has 104 valence electrons. The molecular weight excluding hydrogens is 242 g/mol. The first kappa shape index (κ1) is 13.6. The van der Waals surface area contributed by atoms with Crippen molar-refractivity contribution in [2.45, 2.75) is 20.3 Å². The van der Waals surface area contributed by atoms with Gasteiger partial charge in [0, 0.05) is 38.9 Å². The number of hydrogen-bond donors (Lipinski definition) is 2. The van der Waals surface area contributed by atoms with E-state index in [1.807, 2.05) is 19.9 Å². The van der Waals surface area contributed by atoms with Gasteiger partial charge in [-0.15, -0.1) is 0 Å². The number of aromatic nitrogens is 2. The smallest absolute Gasteiger partial charge is 0.227 e. The van der Waals surface area contributed by atoms with Gasteiger partial charge in [-0.3, -0.25) is 4.79 Å². The molecule has 2 rings (SSSR count). The summed E-state index contributed by atoms with van der Waals surface area (Å²) in [6, 6.07) is 1.95. The first-order chi connectivity index (χ1) is 8.98. The molecule has 0 radical (unpaired) electrons. The number of aryl methyl sites for hydroxylation is 1. The minimum Gasteiger partial charge on any atom is -0.359 e. The van der Waals surface area contributed by atoms with Gasteiger partial charge in [-0.05, 0) is 20.3 Å². The number of nitrogens with zero attached hydrogens (tertiary/aromatic N) is 3. The molecule has 1 unspecified atom stereocenters. The normalized spacial score (nSPS) is 22.4. The molecule has 2 N–H and O–H groups in total. The summed E-state index contributed by atoms with van der Waals surface area (Å²) in [7, 11) is 3.49. The van der Waals surface area contributed by atoms with Crippen LogP contribution in [0.1, 0.15) is 19.0 Å². The standard InChI is InChI=1S/C13H21N5O/c1-9-7-10(17-12(15-4)16-9)18-6-5-13(2,8-18)11(19)14-3/h7H,5-6,8H2,1-4H3,(H,14,19)(H,15,16,17). The van der Waals surface area contributed by atoms with E-state index in [9.17, 15) is 4.79 Å². The van der Waals surface area contributed by atoms with Gasteiger partial charge in [0.2, 0.25) is 11.9 Å². The van der Waals surface area contributed by atoms with E-state index in [0.717, 1.165) is 24.5 Å². The first-order valence-corrected chi connectivity index (χ1v) is 6.49. The van der Waals surface area contributed by atoms with Crippen LogP contribution >= 0.6 is 0 Å².